The van der Waals surface area contributed by atoms with Gasteiger partial charge in [-0.15, -0.1) is 0 Å². The summed E-state index contributed by atoms with van der Waals surface area (Å²) >= 11 is 0. The molecule has 0 saturated heterocycles. The predicted octanol–water partition coefficient (Wildman–Crippen LogP) is 1.20. The van der Waals surface area contributed by atoms with Gasteiger partial charge in [0.05, 0.1) is 24.4 Å². The molecule has 1 amide bonds. The first-order valence-electron chi connectivity index (χ1n) is 4.48. The Balaban J connectivity index is 2.51. The molecule has 0 radical (unpaired) electrons. The third kappa shape index (κ3) is 1.57. The molecule has 1 heterocycles. The average molecular weight is 205 g/mol. The molecular weight excluding hydrogens is 194 g/mol. The molecule has 0 aliphatic carbocycles. The molecule has 0 spiro atoms. The van der Waals surface area contributed by atoms with E-state index in [0.29, 0.717) is 5.56 Å². The van der Waals surface area contributed by atoms with Crippen LogP contribution < -0.4 is 0 Å². The molecule has 15 heavy (non-hydrogen) atoms. The Morgan fingerprint density at radius 3 is 3.07 bits per heavy atom. The number of carbonyl (C=O) groups excluding carboxylic acids is 1. The molecule has 0 atom stereocenters. The molecule has 2 aromatic rings. The van der Waals surface area contributed by atoms with E-state index >= 15 is 0 Å². The van der Waals surface area contributed by atoms with Gasteiger partial charge in [-0.3, -0.25) is 14.7 Å². The number of hydrogen-bond acceptors (Lipinski definition) is 3. The Kier molecular flexibility index (Phi) is 2.39. The summed E-state index contributed by atoms with van der Waals surface area (Å²) in [5, 5.41) is 8.77. The summed E-state index contributed by atoms with van der Waals surface area (Å²) < 4.78 is 0. The third-order valence-corrected chi connectivity index (χ3v) is 2.27. The van der Waals surface area contributed by atoms with Gasteiger partial charge in [-0.1, -0.05) is 12.1 Å². The molecule has 0 aliphatic rings. The van der Waals surface area contributed by atoms with Crippen LogP contribution >= 0.6 is 0 Å². The second-order valence-corrected chi connectivity index (χ2v) is 3.12. The van der Waals surface area contributed by atoms with Gasteiger partial charge >= 0.3 is 0 Å². The lowest BCUT2D eigenvalue weighted by atomic mass is 10.1. The van der Waals surface area contributed by atoms with Crippen LogP contribution in [0.15, 0.2) is 24.4 Å². The summed E-state index contributed by atoms with van der Waals surface area (Å²) in [7, 11) is 3.02. The fourth-order valence-corrected chi connectivity index (χ4v) is 1.40. The van der Waals surface area contributed by atoms with Gasteiger partial charge in [0.15, 0.2) is 0 Å². The molecule has 2 rings (SSSR count). The second kappa shape index (κ2) is 3.70. The van der Waals surface area contributed by atoms with Crippen molar-refractivity contribution in [3.05, 3.63) is 30.0 Å². The Morgan fingerprint density at radius 2 is 2.33 bits per heavy atom. The van der Waals surface area contributed by atoms with Crippen LogP contribution in [0.2, 0.25) is 0 Å². The van der Waals surface area contributed by atoms with E-state index in [0.717, 1.165) is 10.9 Å². The summed E-state index contributed by atoms with van der Waals surface area (Å²) in [6, 6.07) is 5.44. The van der Waals surface area contributed by atoms with Gasteiger partial charge in [0, 0.05) is 12.4 Å². The average Bonchev–Trinajstić information content (AvgIpc) is 2.74. The number of carbonyl (C=O) groups is 1. The summed E-state index contributed by atoms with van der Waals surface area (Å²) in [4.78, 5) is 16.7. The summed E-state index contributed by atoms with van der Waals surface area (Å²) in [6.07, 6.45) is 1.68. The zero-order valence-corrected chi connectivity index (χ0v) is 8.52. The first kappa shape index (κ1) is 9.67. The first-order chi connectivity index (χ1) is 7.24. The molecule has 0 bridgehead atoms. The smallest absolute Gasteiger partial charge is 0.277 e. The highest BCUT2D eigenvalue weighted by atomic mass is 16.7. The highest BCUT2D eigenvalue weighted by Gasteiger charge is 2.15. The zero-order chi connectivity index (χ0) is 10.8. The number of amides is 1. The van der Waals surface area contributed by atoms with E-state index in [1.165, 1.54) is 12.2 Å². The van der Waals surface area contributed by atoms with Gasteiger partial charge in [0.2, 0.25) is 0 Å². The van der Waals surface area contributed by atoms with Crippen LogP contribution in [0.25, 0.3) is 10.9 Å². The van der Waals surface area contributed by atoms with Crippen LogP contribution in [0.3, 0.4) is 0 Å². The lowest BCUT2D eigenvalue weighted by Gasteiger charge is -2.13. The standard InChI is InChI=1S/C10H11N3O2/c1-13(15-2)10(14)8-5-3-4-7-6-11-12-9(7)8/h3-6H,1-2H3,(H,11,12). The minimum Gasteiger partial charge on any atom is -0.277 e. The third-order valence-electron chi connectivity index (χ3n) is 2.27. The number of hydroxylamine groups is 2. The van der Waals surface area contributed by atoms with Crippen molar-refractivity contribution in [1.29, 1.82) is 0 Å². The fraction of sp³-hybridized carbons (Fsp3) is 0.200. The number of nitrogens with zero attached hydrogens (tertiary/aromatic N) is 2. The van der Waals surface area contributed by atoms with Gasteiger partial charge in [0.1, 0.15) is 0 Å². The van der Waals surface area contributed by atoms with Crippen LogP contribution in [0.5, 0.6) is 0 Å². The molecule has 1 N–H and O–H groups in total. The van der Waals surface area contributed by atoms with E-state index in [9.17, 15) is 4.79 Å². The van der Waals surface area contributed by atoms with E-state index in [1.807, 2.05) is 12.1 Å². The molecule has 0 saturated carbocycles. The minimum atomic E-state index is -0.202. The summed E-state index contributed by atoms with van der Waals surface area (Å²) in [5.41, 5.74) is 1.28. The van der Waals surface area contributed by atoms with E-state index in [2.05, 4.69) is 10.2 Å². The minimum absolute atomic E-state index is 0.202. The van der Waals surface area contributed by atoms with Crippen LogP contribution in [0.4, 0.5) is 0 Å². The van der Waals surface area contributed by atoms with Crippen molar-refractivity contribution in [2.75, 3.05) is 14.2 Å². The molecular formula is C10H11N3O2. The van der Waals surface area contributed by atoms with Crippen LogP contribution in [-0.2, 0) is 4.84 Å². The maximum atomic E-state index is 11.8. The number of H-pyrrole nitrogens is 1. The van der Waals surface area contributed by atoms with E-state index in [1.54, 1.807) is 19.3 Å². The van der Waals surface area contributed by atoms with E-state index < -0.39 is 0 Å². The number of fused-ring (bicyclic) bond motifs is 1. The highest BCUT2D eigenvalue weighted by Crippen LogP contribution is 2.16. The van der Waals surface area contributed by atoms with Gasteiger partial charge in [-0.25, -0.2) is 5.06 Å². The van der Waals surface area contributed by atoms with E-state index in [-0.39, 0.29) is 5.91 Å². The number of hydrogen-bond donors (Lipinski definition) is 1. The van der Waals surface area contributed by atoms with Crippen LogP contribution in [0.1, 0.15) is 10.4 Å². The number of benzene rings is 1. The molecule has 0 fully saturated rings. The number of aromatic amines is 1. The highest BCUT2D eigenvalue weighted by molar-refractivity contribution is 6.04. The van der Waals surface area contributed by atoms with Crippen molar-refractivity contribution < 1.29 is 9.63 Å². The molecule has 5 nitrogen and oxygen atoms in total. The maximum Gasteiger partial charge on any atom is 0.279 e. The molecule has 5 heteroatoms. The molecule has 78 valence electrons. The number of nitrogens with one attached hydrogen (secondary N) is 1. The van der Waals surface area contributed by atoms with Crippen molar-refractivity contribution in [3.63, 3.8) is 0 Å². The van der Waals surface area contributed by atoms with Crippen molar-refractivity contribution in [1.82, 2.24) is 15.3 Å². The molecule has 0 unspecified atom stereocenters. The van der Waals surface area contributed by atoms with Crippen LogP contribution in [-0.4, -0.2) is 35.3 Å². The van der Waals surface area contributed by atoms with Crippen molar-refractivity contribution >= 4 is 16.8 Å². The predicted molar refractivity (Wildman–Crippen MR) is 55.2 cm³/mol. The Labute approximate surface area is 86.6 Å². The summed E-state index contributed by atoms with van der Waals surface area (Å²) in [5.74, 6) is -0.202. The lowest BCUT2D eigenvalue weighted by molar-refractivity contribution is -0.0755. The van der Waals surface area contributed by atoms with Gasteiger partial charge in [0.25, 0.3) is 5.91 Å². The Bertz CT molecular complexity index is 492. The van der Waals surface area contributed by atoms with Crippen molar-refractivity contribution in [2.45, 2.75) is 0 Å². The first-order valence-corrected chi connectivity index (χ1v) is 4.48. The SMILES string of the molecule is CON(C)C(=O)c1cccc2cn[nH]c12. The monoisotopic (exact) mass is 205 g/mol. The molecule has 1 aromatic carbocycles. The van der Waals surface area contributed by atoms with Gasteiger partial charge < -0.3 is 0 Å². The Hall–Kier alpha value is -1.88. The quantitative estimate of drug-likeness (QED) is 0.749. The van der Waals surface area contributed by atoms with Gasteiger partial charge in [-0.05, 0) is 6.07 Å². The second-order valence-electron chi connectivity index (χ2n) is 3.12. The largest absolute Gasteiger partial charge is 0.279 e. The maximum absolute atomic E-state index is 11.8. The van der Waals surface area contributed by atoms with E-state index in [4.69, 9.17) is 4.84 Å². The topological polar surface area (TPSA) is 58.2 Å². The van der Waals surface area contributed by atoms with Crippen molar-refractivity contribution in [3.8, 4) is 0 Å². The zero-order valence-electron chi connectivity index (χ0n) is 8.52. The number of rotatable bonds is 2. The number of para-hydroxylation sites is 1. The van der Waals surface area contributed by atoms with Crippen LogP contribution in [0, 0.1) is 0 Å². The summed E-state index contributed by atoms with van der Waals surface area (Å²) in [6.45, 7) is 0. The molecule has 1 aromatic heterocycles. The van der Waals surface area contributed by atoms with Gasteiger partial charge in [-0.2, -0.15) is 5.10 Å². The van der Waals surface area contributed by atoms with Crippen molar-refractivity contribution in [2.24, 2.45) is 0 Å². The normalized spacial score (nSPS) is 10.5. The Morgan fingerprint density at radius 1 is 1.53 bits per heavy atom. The molecule has 0 aliphatic heterocycles. The fourth-order valence-electron chi connectivity index (χ4n) is 1.40. The number of aromatic nitrogens is 2. The lowest BCUT2D eigenvalue weighted by Crippen LogP contribution is -2.25.